The van der Waals surface area contributed by atoms with Gasteiger partial charge in [-0.15, -0.1) is 0 Å². The van der Waals surface area contributed by atoms with Crippen molar-refractivity contribution in [2.75, 3.05) is 0 Å². The highest BCUT2D eigenvalue weighted by atomic mass is 16.1. The van der Waals surface area contributed by atoms with Crippen LogP contribution in [0.3, 0.4) is 0 Å². The first-order valence-electron chi connectivity index (χ1n) is 6.90. The monoisotopic (exact) mass is 254 g/mol. The van der Waals surface area contributed by atoms with Crippen molar-refractivity contribution in [2.24, 2.45) is 0 Å². The zero-order valence-corrected chi connectivity index (χ0v) is 12.0. The highest BCUT2D eigenvalue weighted by Gasteiger charge is 2.12. The molecule has 2 aromatic carbocycles. The molecule has 0 N–H and O–H groups in total. The lowest BCUT2D eigenvalue weighted by atomic mass is 9.93. The van der Waals surface area contributed by atoms with E-state index in [-0.39, 0.29) is 11.7 Å². The summed E-state index contributed by atoms with van der Waals surface area (Å²) >= 11 is 0. The fourth-order valence-corrected chi connectivity index (χ4v) is 1.92. The number of Topliss-reactive ketones (excluding diaryl/α,β-unsaturated/α-hetero) is 1. The predicted octanol–water partition coefficient (Wildman–Crippen LogP) is 5.09. The van der Waals surface area contributed by atoms with Gasteiger partial charge in [0.15, 0.2) is 5.78 Å². The molecule has 1 nitrogen and oxygen atoms in total. The van der Waals surface area contributed by atoms with Crippen molar-refractivity contribution < 1.29 is 4.79 Å². The minimum atomic E-state index is 0.210. The van der Waals surface area contributed by atoms with E-state index >= 15 is 0 Å². The fourth-order valence-electron chi connectivity index (χ4n) is 1.92. The third-order valence-corrected chi connectivity index (χ3v) is 2.96. The van der Waals surface area contributed by atoms with Gasteiger partial charge in [0.05, 0.1) is 0 Å². The van der Waals surface area contributed by atoms with Gasteiger partial charge >= 0.3 is 0 Å². The van der Waals surface area contributed by atoms with E-state index in [2.05, 4.69) is 19.1 Å². The molecule has 0 radical (unpaired) electrons. The third-order valence-electron chi connectivity index (χ3n) is 2.96. The second-order valence-corrected chi connectivity index (χ2v) is 4.31. The molecule has 0 aromatic heterocycles. The summed E-state index contributed by atoms with van der Waals surface area (Å²) in [5.74, 6) is 0.478. The lowest BCUT2D eigenvalue weighted by molar-refractivity contribution is 0.0975. The topological polar surface area (TPSA) is 17.1 Å². The smallest absolute Gasteiger partial charge is 0.163 e. The molecule has 0 aliphatic heterocycles. The second-order valence-electron chi connectivity index (χ2n) is 4.31. The molecule has 0 saturated heterocycles. The Morgan fingerprint density at radius 1 is 0.895 bits per heavy atom. The normalized spacial score (nSPS) is 11.1. The van der Waals surface area contributed by atoms with E-state index in [9.17, 15) is 4.79 Å². The van der Waals surface area contributed by atoms with Gasteiger partial charge in [0.2, 0.25) is 0 Å². The summed E-state index contributed by atoms with van der Waals surface area (Å²) in [6.07, 6.45) is 0.564. The molecular weight excluding hydrogens is 232 g/mol. The Kier molecular flexibility index (Phi) is 6.59. The number of carbonyl (C=O) groups is 1. The van der Waals surface area contributed by atoms with Gasteiger partial charge in [-0.3, -0.25) is 4.79 Å². The summed E-state index contributed by atoms with van der Waals surface area (Å²) in [4.78, 5) is 12.0. The largest absolute Gasteiger partial charge is 0.294 e. The summed E-state index contributed by atoms with van der Waals surface area (Å²) in [7, 11) is 0. The van der Waals surface area contributed by atoms with Gasteiger partial charge in [0, 0.05) is 12.0 Å². The van der Waals surface area contributed by atoms with Crippen LogP contribution in [0.15, 0.2) is 60.7 Å². The number of hydrogen-bond acceptors (Lipinski definition) is 1. The van der Waals surface area contributed by atoms with Crippen molar-refractivity contribution in [1.82, 2.24) is 0 Å². The van der Waals surface area contributed by atoms with Gasteiger partial charge in [-0.05, 0) is 11.5 Å². The van der Waals surface area contributed by atoms with E-state index < -0.39 is 0 Å². The quantitative estimate of drug-likeness (QED) is 0.695. The zero-order valence-electron chi connectivity index (χ0n) is 12.0. The number of benzene rings is 2. The maximum atomic E-state index is 12.0. The van der Waals surface area contributed by atoms with Crippen LogP contribution in [0, 0.1) is 0 Å². The van der Waals surface area contributed by atoms with Crippen molar-refractivity contribution in [3.05, 3.63) is 71.8 Å². The van der Waals surface area contributed by atoms with Crippen molar-refractivity contribution in [2.45, 2.75) is 33.1 Å². The molecule has 0 heterocycles. The highest BCUT2D eigenvalue weighted by Crippen LogP contribution is 2.20. The molecule has 0 saturated carbocycles. The summed E-state index contributed by atoms with van der Waals surface area (Å²) in [5, 5.41) is 0. The van der Waals surface area contributed by atoms with Crippen LogP contribution in [-0.4, -0.2) is 5.78 Å². The Bertz CT molecular complexity index is 474. The van der Waals surface area contributed by atoms with Crippen LogP contribution >= 0.6 is 0 Å². The molecule has 1 heteroatoms. The van der Waals surface area contributed by atoms with Crippen LogP contribution in [0.1, 0.15) is 49.0 Å². The predicted molar refractivity (Wildman–Crippen MR) is 81.6 cm³/mol. The van der Waals surface area contributed by atoms with Crippen LogP contribution in [-0.2, 0) is 0 Å². The standard InChI is InChI=1S/C16H16O.C2H6/c1-13(14-8-4-2-5-9-14)12-16(17)15-10-6-3-7-11-15;1-2/h2-11,13H,12H2,1H3;1-2H3. The van der Waals surface area contributed by atoms with Crippen LogP contribution in [0.25, 0.3) is 0 Å². The molecule has 100 valence electrons. The lowest BCUT2D eigenvalue weighted by Crippen LogP contribution is -2.04. The maximum Gasteiger partial charge on any atom is 0.163 e. The summed E-state index contributed by atoms with van der Waals surface area (Å²) in [6, 6.07) is 19.6. The minimum Gasteiger partial charge on any atom is -0.294 e. The van der Waals surface area contributed by atoms with Gasteiger partial charge in [0.25, 0.3) is 0 Å². The van der Waals surface area contributed by atoms with Crippen LogP contribution in [0.2, 0.25) is 0 Å². The molecule has 0 aliphatic carbocycles. The first-order valence-corrected chi connectivity index (χ1v) is 6.90. The van der Waals surface area contributed by atoms with Crippen LogP contribution < -0.4 is 0 Å². The average molecular weight is 254 g/mol. The molecular formula is C18H22O. The molecule has 19 heavy (non-hydrogen) atoms. The van der Waals surface area contributed by atoms with E-state index in [0.29, 0.717) is 6.42 Å². The molecule has 2 aromatic rings. The molecule has 0 bridgehead atoms. The van der Waals surface area contributed by atoms with E-state index in [4.69, 9.17) is 0 Å². The van der Waals surface area contributed by atoms with Gasteiger partial charge in [-0.1, -0.05) is 81.4 Å². The first-order chi connectivity index (χ1) is 9.27. The Hall–Kier alpha value is -1.89. The highest BCUT2D eigenvalue weighted by molar-refractivity contribution is 5.96. The molecule has 1 unspecified atom stereocenters. The fraction of sp³-hybridized carbons (Fsp3) is 0.278. The van der Waals surface area contributed by atoms with Gasteiger partial charge in [-0.25, -0.2) is 0 Å². The van der Waals surface area contributed by atoms with Gasteiger partial charge < -0.3 is 0 Å². The number of rotatable bonds is 4. The Morgan fingerprint density at radius 3 is 1.89 bits per heavy atom. The zero-order chi connectivity index (χ0) is 14.1. The van der Waals surface area contributed by atoms with E-state index in [1.807, 2.05) is 62.4 Å². The van der Waals surface area contributed by atoms with E-state index in [1.54, 1.807) is 0 Å². The Labute approximate surface area is 116 Å². The van der Waals surface area contributed by atoms with E-state index in [0.717, 1.165) is 5.56 Å². The van der Waals surface area contributed by atoms with E-state index in [1.165, 1.54) is 5.56 Å². The lowest BCUT2D eigenvalue weighted by Gasteiger charge is -2.10. The minimum absolute atomic E-state index is 0.210. The van der Waals surface area contributed by atoms with Crippen molar-refractivity contribution in [3.63, 3.8) is 0 Å². The second kappa shape index (κ2) is 8.25. The third kappa shape index (κ3) is 4.70. The SMILES string of the molecule is CC.CC(CC(=O)c1ccccc1)c1ccccc1. The molecule has 2 rings (SSSR count). The number of hydrogen-bond donors (Lipinski definition) is 0. The molecule has 0 fully saturated rings. The van der Waals surface area contributed by atoms with Gasteiger partial charge in [0.1, 0.15) is 0 Å². The maximum absolute atomic E-state index is 12.0. The molecule has 0 amide bonds. The summed E-state index contributed by atoms with van der Waals surface area (Å²) < 4.78 is 0. The van der Waals surface area contributed by atoms with Crippen molar-refractivity contribution >= 4 is 5.78 Å². The molecule has 1 atom stereocenters. The van der Waals surface area contributed by atoms with Crippen LogP contribution in [0.4, 0.5) is 0 Å². The molecule has 0 aliphatic rings. The first kappa shape index (κ1) is 15.2. The molecule has 0 spiro atoms. The van der Waals surface area contributed by atoms with Crippen molar-refractivity contribution in [1.29, 1.82) is 0 Å². The number of ketones is 1. The van der Waals surface area contributed by atoms with Crippen LogP contribution in [0.5, 0.6) is 0 Å². The van der Waals surface area contributed by atoms with Crippen molar-refractivity contribution in [3.8, 4) is 0 Å². The summed E-state index contributed by atoms with van der Waals surface area (Å²) in [6.45, 7) is 6.09. The Balaban J connectivity index is 0.000000861. The summed E-state index contributed by atoms with van der Waals surface area (Å²) in [5.41, 5.74) is 2.02. The average Bonchev–Trinajstić information content (AvgIpc) is 2.51. The van der Waals surface area contributed by atoms with Gasteiger partial charge in [-0.2, -0.15) is 0 Å². The Morgan fingerprint density at radius 2 is 1.37 bits per heavy atom. The number of carbonyl (C=O) groups excluding carboxylic acids is 1.